The van der Waals surface area contributed by atoms with Gasteiger partial charge in [0.2, 0.25) is 0 Å². The van der Waals surface area contributed by atoms with Crippen LogP contribution in [0.1, 0.15) is 71.0 Å². The Bertz CT molecular complexity index is 832. The number of furan rings is 1. The van der Waals surface area contributed by atoms with Gasteiger partial charge in [0.1, 0.15) is 11.5 Å². The summed E-state index contributed by atoms with van der Waals surface area (Å²) in [6.07, 6.45) is 0.840. The highest BCUT2D eigenvalue weighted by atomic mass is 31.2. The molecule has 0 bridgehead atoms. The Kier molecular flexibility index (Phi) is 3.99. The van der Waals surface area contributed by atoms with Gasteiger partial charge in [-0.05, 0) is 25.8 Å². The van der Waals surface area contributed by atoms with Crippen LogP contribution in [0.15, 0.2) is 28.7 Å². The summed E-state index contributed by atoms with van der Waals surface area (Å²) in [5, 5.41) is 1.74. The monoisotopic (exact) mass is 345 g/mol. The van der Waals surface area contributed by atoms with Crippen LogP contribution in [-0.2, 0) is 9.98 Å². The van der Waals surface area contributed by atoms with Crippen molar-refractivity contribution in [1.82, 2.24) is 0 Å². The molecular formula is C20H28NO2P. The van der Waals surface area contributed by atoms with Gasteiger partial charge >= 0.3 is 0 Å². The molecule has 0 amide bonds. The molecule has 0 aliphatic carbocycles. The zero-order valence-corrected chi connectivity index (χ0v) is 16.4. The molecule has 0 radical (unpaired) electrons. The predicted molar refractivity (Wildman–Crippen MR) is 102 cm³/mol. The lowest BCUT2D eigenvalue weighted by Gasteiger charge is -2.38. The molecule has 2 unspecified atom stereocenters. The smallest absolute Gasteiger partial charge is 0.151 e. The van der Waals surface area contributed by atoms with E-state index < -0.39 is 7.14 Å². The molecular weight excluding hydrogens is 317 g/mol. The van der Waals surface area contributed by atoms with Crippen molar-refractivity contribution in [1.29, 1.82) is 0 Å². The van der Waals surface area contributed by atoms with Crippen molar-refractivity contribution in [3.8, 4) is 0 Å². The van der Waals surface area contributed by atoms with Crippen molar-refractivity contribution in [3.05, 3.63) is 41.3 Å². The van der Waals surface area contributed by atoms with Gasteiger partial charge in [0, 0.05) is 22.3 Å². The maximum atomic E-state index is 14.4. The molecule has 3 rings (SSSR count). The van der Waals surface area contributed by atoms with E-state index in [1.165, 1.54) is 0 Å². The average Bonchev–Trinajstić information content (AvgIpc) is 2.91. The molecule has 1 aliphatic rings. The van der Waals surface area contributed by atoms with Gasteiger partial charge in [0.15, 0.2) is 7.14 Å². The van der Waals surface area contributed by atoms with E-state index in [4.69, 9.17) is 10.2 Å². The third-order valence-corrected chi connectivity index (χ3v) is 9.34. The topological polar surface area (TPSA) is 56.2 Å². The van der Waals surface area contributed by atoms with Gasteiger partial charge in [-0.2, -0.15) is 0 Å². The Balaban J connectivity index is 2.46. The van der Waals surface area contributed by atoms with E-state index in [0.29, 0.717) is 5.69 Å². The molecule has 0 saturated carbocycles. The van der Waals surface area contributed by atoms with E-state index in [-0.39, 0.29) is 17.0 Å². The van der Waals surface area contributed by atoms with Crippen LogP contribution in [0.4, 0.5) is 5.69 Å². The SMILES string of the molecule is CCC(C)P1(=O)c2ccccc2C(C)(C)c2oc(C(C)C)c(N)c21. The fraction of sp³-hybridized carbons (Fsp3) is 0.500. The van der Waals surface area contributed by atoms with Crippen LogP contribution in [0.2, 0.25) is 0 Å². The zero-order valence-electron chi connectivity index (χ0n) is 15.5. The number of fused-ring (bicyclic) bond motifs is 2. The second-order valence-corrected chi connectivity index (χ2v) is 10.9. The van der Waals surface area contributed by atoms with Crippen molar-refractivity contribution in [2.75, 3.05) is 5.73 Å². The van der Waals surface area contributed by atoms with Crippen LogP contribution >= 0.6 is 7.14 Å². The van der Waals surface area contributed by atoms with Crippen LogP contribution in [0, 0.1) is 0 Å². The van der Waals surface area contributed by atoms with Crippen molar-refractivity contribution in [2.24, 2.45) is 0 Å². The Morgan fingerprint density at radius 2 is 1.83 bits per heavy atom. The Morgan fingerprint density at radius 1 is 1.21 bits per heavy atom. The summed E-state index contributed by atoms with van der Waals surface area (Å²) < 4.78 is 20.7. The molecule has 3 nitrogen and oxygen atoms in total. The molecule has 2 atom stereocenters. The summed E-state index contributed by atoms with van der Waals surface area (Å²) in [4.78, 5) is 0. The van der Waals surface area contributed by atoms with Crippen molar-refractivity contribution >= 4 is 23.4 Å². The number of hydrogen-bond donors (Lipinski definition) is 1. The first-order valence-corrected chi connectivity index (χ1v) is 10.6. The fourth-order valence-corrected chi connectivity index (χ4v) is 7.67. The third-order valence-electron chi connectivity index (χ3n) is 5.52. The third kappa shape index (κ3) is 2.07. The summed E-state index contributed by atoms with van der Waals surface area (Å²) in [5.74, 6) is 1.73. The van der Waals surface area contributed by atoms with Gasteiger partial charge in [-0.3, -0.25) is 0 Å². The second-order valence-electron chi connectivity index (χ2n) is 7.77. The van der Waals surface area contributed by atoms with Gasteiger partial charge in [-0.15, -0.1) is 0 Å². The fourth-order valence-electron chi connectivity index (χ4n) is 3.88. The minimum absolute atomic E-state index is 0.0356. The van der Waals surface area contributed by atoms with Crippen LogP contribution in [0.25, 0.3) is 0 Å². The van der Waals surface area contributed by atoms with E-state index in [2.05, 4.69) is 47.6 Å². The summed E-state index contributed by atoms with van der Waals surface area (Å²) in [6, 6.07) is 8.10. The number of rotatable bonds is 3. The summed E-state index contributed by atoms with van der Waals surface area (Å²) in [7, 11) is -2.84. The normalized spacial score (nSPS) is 23.0. The highest BCUT2D eigenvalue weighted by molar-refractivity contribution is 7.80. The molecule has 4 heteroatoms. The molecule has 1 aliphatic heterocycles. The van der Waals surface area contributed by atoms with Crippen molar-refractivity contribution in [3.63, 3.8) is 0 Å². The molecule has 2 N–H and O–H groups in total. The summed E-state index contributed by atoms with van der Waals surface area (Å²) in [6.45, 7) is 12.6. The highest BCUT2D eigenvalue weighted by Crippen LogP contribution is 2.59. The number of nitrogens with two attached hydrogens (primary N) is 1. The van der Waals surface area contributed by atoms with Gasteiger partial charge in [0.05, 0.1) is 11.0 Å². The number of benzene rings is 1. The van der Waals surface area contributed by atoms with Crippen molar-refractivity contribution < 1.29 is 8.98 Å². The van der Waals surface area contributed by atoms with Gasteiger partial charge in [0.25, 0.3) is 0 Å². The lowest BCUT2D eigenvalue weighted by atomic mass is 9.82. The van der Waals surface area contributed by atoms with Crippen LogP contribution in [-0.4, -0.2) is 5.66 Å². The quantitative estimate of drug-likeness (QED) is 0.818. The van der Waals surface area contributed by atoms with Crippen LogP contribution in [0.5, 0.6) is 0 Å². The molecule has 130 valence electrons. The lowest BCUT2D eigenvalue weighted by molar-refractivity contribution is 0.395. The second kappa shape index (κ2) is 5.52. The lowest BCUT2D eigenvalue weighted by Crippen LogP contribution is -2.41. The molecule has 1 aromatic carbocycles. The molecule has 0 fully saturated rings. The highest BCUT2D eigenvalue weighted by Gasteiger charge is 2.50. The van der Waals surface area contributed by atoms with E-state index in [9.17, 15) is 4.57 Å². The first-order chi connectivity index (χ1) is 11.2. The summed E-state index contributed by atoms with van der Waals surface area (Å²) >= 11 is 0. The standard InChI is InChI=1S/C20H28NO2P/c1-7-13(4)24(22)15-11-9-8-10-14(15)20(5,6)19-18(24)16(21)17(23-19)12(2)3/h8-13H,7,21H2,1-6H3. The number of anilines is 1. The molecule has 2 aromatic rings. The van der Waals surface area contributed by atoms with E-state index >= 15 is 0 Å². The number of nitrogen functional groups attached to an aromatic ring is 1. The minimum Gasteiger partial charge on any atom is -0.462 e. The van der Waals surface area contributed by atoms with Gasteiger partial charge < -0.3 is 14.7 Å². The molecule has 0 saturated heterocycles. The Morgan fingerprint density at radius 3 is 2.42 bits per heavy atom. The summed E-state index contributed by atoms with van der Waals surface area (Å²) in [5.41, 5.74) is 7.91. The molecule has 1 aromatic heterocycles. The van der Waals surface area contributed by atoms with E-state index in [1.54, 1.807) is 0 Å². The average molecular weight is 345 g/mol. The molecule has 24 heavy (non-hydrogen) atoms. The zero-order chi connectivity index (χ0) is 17.9. The maximum absolute atomic E-state index is 14.4. The largest absolute Gasteiger partial charge is 0.462 e. The predicted octanol–water partition coefficient (Wildman–Crippen LogP) is 4.74. The number of hydrogen-bond acceptors (Lipinski definition) is 3. The Labute approximate surface area is 145 Å². The van der Waals surface area contributed by atoms with Gasteiger partial charge in [-0.25, -0.2) is 0 Å². The van der Waals surface area contributed by atoms with Crippen LogP contribution in [0.3, 0.4) is 0 Å². The van der Waals surface area contributed by atoms with E-state index in [0.717, 1.165) is 34.1 Å². The first kappa shape index (κ1) is 17.4. The van der Waals surface area contributed by atoms with E-state index in [1.807, 2.05) is 18.2 Å². The minimum atomic E-state index is -2.84. The van der Waals surface area contributed by atoms with Crippen molar-refractivity contribution in [2.45, 2.75) is 65.0 Å². The van der Waals surface area contributed by atoms with Gasteiger partial charge in [-0.1, -0.05) is 52.0 Å². The Hall–Kier alpha value is -1.47. The van der Waals surface area contributed by atoms with Crippen LogP contribution < -0.4 is 16.3 Å². The first-order valence-electron chi connectivity index (χ1n) is 8.80. The molecule has 0 spiro atoms. The molecule has 2 heterocycles. The maximum Gasteiger partial charge on any atom is 0.151 e.